The molecule has 20 heavy (non-hydrogen) atoms. The first-order valence-electron chi connectivity index (χ1n) is 6.78. The largest absolute Gasteiger partial charge is 0.306 e. The number of hydrogen-bond donors (Lipinski definition) is 1. The number of nitrogens with one attached hydrogen (secondary N) is 1. The van der Waals surface area contributed by atoms with Crippen LogP contribution in [0.3, 0.4) is 0 Å². The highest BCUT2D eigenvalue weighted by atomic mass is 79.9. The molecule has 2 rings (SSSR count). The van der Waals surface area contributed by atoms with Gasteiger partial charge >= 0.3 is 0 Å². The SMILES string of the molecule is CCNC(c1cc(C)ccc1C)c1ccc(Cl)cc1Br. The van der Waals surface area contributed by atoms with Crippen LogP contribution in [0.2, 0.25) is 5.02 Å². The Morgan fingerprint density at radius 1 is 1.10 bits per heavy atom. The van der Waals surface area contributed by atoms with Crippen molar-refractivity contribution in [2.24, 2.45) is 0 Å². The summed E-state index contributed by atoms with van der Waals surface area (Å²) in [5.41, 5.74) is 5.10. The van der Waals surface area contributed by atoms with Crippen molar-refractivity contribution < 1.29 is 0 Å². The van der Waals surface area contributed by atoms with Crippen LogP contribution in [0, 0.1) is 13.8 Å². The van der Waals surface area contributed by atoms with E-state index in [1.807, 2.05) is 12.1 Å². The Morgan fingerprint density at radius 3 is 2.50 bits per heavy atom. The maximum atomic E-state index is 6.05. The van der Waals surface area contributed by atoms with Gasteiger partial charge in [0.2, 0.25) is 0 Å². The van der Waals surface area contributed by atoms with E-state index in [9.17, 15) is 0 Å². The smallest absolute Gasteiger partial charge is 0.0590 e. The summed E-state index contributed by atoms with van der Waals surface area (Å²) >= 11 is 9.68. The lowest BCUT2D eigenvalue weighted by molar-refractivity contribution is 0.625. The average molecular weight is 353 g/mol. The molecule has 1 nitrogen and oxygen atoms in total. The molecule has 0 bridgehead atoms. The fraction of sp³-hybridized carbons (Fsp3) is 0.294. The molecule has 0 saturated heterocycles. The summed E-state index contributed by atoms with van der Waals surface area (Å²) in [5.74, 6) is 0. The van der Waals surface area contributed by atoms with Crippen LogP contribution in [0.15, 0.2) is 40.9 Å². The predicted molar refractivity (Wildman–Crippen MR) is 90.6 cm³/mol. The van der Waals surface area contributed by atoms with E-state index < -0.39 is 0 Å². The molecule has 0 amide bonds. The lowest BCUT2D eigenvalue weighted by atomic mass is 9.93. The number of hydrogen-bond acceptors (Lipinski definition) is 1. The molecule has 1 N–H and O–H groups in total. The minimum Gasteiger partial charge on any atom is -0.306 e. The third kappa shape index (κ3) is 3.43. The zero-order valence-corrected chi connectivity index (χ0v) is 14.3. The quantitative estimate of drug-likeness (QED) is 0.775. The first-order chi connectivity index (χ1) is 9.52. The molecule has 0 spiro atoms. The van der Waals surface area contributed by atoms with E-state index in [0.29, 0.717) is 0 Å². The zero-order chi connectivity index (χ0) is 14.7. The molecule has 0 radical (unpaired) electrons. The standard InChI is InChI=1S/C17H19BrClN/c1-4-20-17(14-8-7-13(19)10-16(14)18)15-9-11(2)5-6-12(15)3/h5-10,17,20H,4H2,1-3H3. The maximum absolute atomic E-state index is 6.05. The van der Waals surface area contributed by atoms with Crippen molar-refractivity contribution in [2.75, 3.05) is 6.54 Å². The summed E-state index contributed by atoms with van der Waals surface area (Å²) in [6, 6.07) is 12.7. The molecule has 0 saturated carbocycles. The second kappa shape index (κ2) is 6.75. The molecule has 2 aromatic rings. The zero-order valence-electron chi connectivity index (χ0n) is 12.0. The van der Waals surface area contributed by atoms with Crippen molar-refractivity contribution in [1.29, 1.82) is 0 Å². The van der Waals surface area contributed by atoms with Crippen molar-refractivity contribution >= 4 is 27.5 Å². The van der Waals surface area contributed by atoms with Gasteiger partial charge in [0.1, 0.15) is 0 Å². The second-order valence-electron chi connectivity index (χ2n) is 5.02. The van der Waals surface area contributed by atoms with Gasteiger partial charge in [-0.3, -0.25) is 0 Å². The first-order valence-corrected chi connectivity index (χ1v) is 7.95. The van der Waals surface area contributed by atoms with Crippen molar-refractivity contribution in [2.45, 2.75) is 26.8 Å². The monoisotopic (exact) mass is 351 g/mol. The van der Waals surface area contributed by atoms with E-state index in [1.54, 1.807) is 0 Å². The normalized spacial score (nSPS) is 12.4. The number of rotatable bonds is 4. The Morgan fingerprint density at radius 2 is 1.85 bits per heavy atom. The van der Waals surface area contributed by atoms with Gasteiger partial charge in [-0.05, 0) is 49.2 Å². The minimum atomic E-state index is 0.173. The summed E-state index contributed by atoms with van der Waals surface area (Å²) in [5, 5.41) is 4.32. The summed E-state index contributed by atoms with van der Waals surface area (Å²) in [6.45, 7) is 7.32. The van der Waals surface area contributed by atoms with Gasteiger partial charge in [-0.25, -0.2) is 0 Å². The molecule has 0 aliphatic carbocycles. The molecule has 3 heteroatoms. The first kappa shape index (κ1) is 15.6. The Bertz CT molecular complexity index is 610. The molecule has 2 aromatic carbocycles. The molecule has 0 aromatic heterocycles. The lowest BCUT2D eigenvalue weighted by Gasteiger charge is -2.23. The van der Waals surface area contributed by atoms with E-state index in [2.05, 4.69) is 66.3 Å². The van der Waals surface area contributed by atoms with Crippen LogP contribution >= 0.6 is 27.5 Å². The van der Waals surface area contributed by atoms with E-state index in [4.69, 9.17) is 11.6 Å². The van der Waals surface area contributed by atoms with Crippen molar-refractivity contribution in [3.63, 3.8) is 0 Å². The molecule has 1 unspecified atom stereocenters. The Balaban J connectivity index is 2.53. The van der Waals surface area contributed by atoms with Gasteiger partial charge in [0.25, 0.3) is 0 Å². The third-order valence-electron chi connectivity index (χ3n) is 3.43. The second-order valence-corrected chi connectivity index (χ2v) is 6.31. The highest BCUT2D eigenvalue weighted by Crippen LogP contribution is 2.32. The van der Waals surface area contributed by atoms with Gasteiger partial charge in [-0.1, -0.05) is 64.3 Å². The van der Waals surface area contributed by atoms with Gasteiger partial charge in [0.15, 0.2) is 0 Å². The summed E-state index contributed by atoms with van der Waals surface area (Å²) in [6.07, 6.45) is 0. The van der Waals surface area contributed by atoms with Crippen molar-refractivity contribution in [3.05, 3.63) is 68.1 Å². The van der Waals surface area contributed by atoms with Crippen LogP contribution < -0.4 is 5.32 Å². The fourth-order valence-electron chi connectivity index (χ4n) is 2.40. The van der Waals surface area contributed by atoms with Crippen LogP contribution in [0.25, 0.3) is 0 Å². The van der Waals surface area contributed by atoms with E-state index >= 15 is 0 Å². The van der Waals surface area contributed by atoms with Crippen molar-refractivity contribution in [3.8, 4) is 0 Å². The summed E-state index contributed by atoms with van der Waals surface area (Å²) in [4.78, 5) is 0. The van der Waals surface area contributed by atoms with E-state index in [0.717, 1.165) is 16.0 Å². The Hall–Kier alpha value is -0.830. The van der Waals surface area contributed by atoms with Gasteiger partial charge in [-0.2, -0.15) is 0 Å². The van der Waals surface area contributed by atoms with Crippen molar-refractivity contribution in [1.82, 2.24) is 5.32 Å². The number of benzene rings is 2. The Kier molecular flexibility index (Phi) is 5.25. The summed E-state index contributed by atoms with van der Waals surface area (Å²) in [7, 11) is 0. The van der Waals surface area contributed by atoms with Crippen LogP contribution in [0.4, 0.5) is 0 Å². The van der Waals surface area contributed by atoms with Gasteiger partial charge in [-0.15, -0.1) is 0 Å². The fourth-order valence-corrected chi connectivity index (χ4v) is 3.31. The molecular weight excluding hydrogens is 334 g/mol. The lowest BCUT2D eigenvalue weighted by Crippen LogP contribution is -2.23. The molecular formula is C17H19BrClN. The highest BCUT2D eigenvalue weighted by molar-refractivity contribution is 9.10. The highest BCUT2D eigenvalue weighted by Gasteiger charge is 2.18. The third-order valence-corrected chi connectivity index (χ3v) is 4.35. The van der Waals surface area contributed by atoms with Gasteiger partial charge in [0, 0.05) is 9.50 Å². The minimum absolute atomic E-state index is 0.173. The average Bonchev–Trinajstić information content (AvgIpc) is 2.40. The van der Waals surface area contributed by atoms with Crippen LogP contribution in [-0.4, -0.2) is 6.54 Å². The van der Waals surface area contributed by atoms with E-state index in [-0.39, 0.29) is 6.04 Å². The Labute approximate surface area is 134 Å². The molecule has 106 valence electrons. The molecule has 0 aliphatic rings. The molecule has 0 heterocycles. The van der Waals surface area contributed by atoms with Crippen LogP contribution in [0.1, 0.15) is 35.2 Å². The van der Waals surface area contributed by atoms with Crippen LogP contribution in [0.5, 0.6) is 0 Å². The number of aryl methyl sites for hydroxylation is 2. The topological polar surface area (TPSA) is 12.0 Å². The van der Waals surface area contributed by atoms with Crippen LogP contribution in [-0.2, 0) is 0 Å². The van der Waals surface area contributed by atoms with Gasteiger partial charge < -0.3 is 5.32 Å². The molecule has 0 fully saturated rings. The predicted octanol–water partition coefficient (Wildman–Crippen LogP) is 5.42. The van der Waals surface area contributed by atoms with Gasteiger partial charge in [0.05, 0.1) is 6.04 Å². The molecule has 0 aliphatic heterocycles. The maximum Gasteiger partial charge on any atom is 0.0590 e. The summed E-state index contributed by atoms with van der Waals surface area (Å²) < 4.78 is 1.04. The molecule has 1 atom stereocenters. The van der Waals surface area contributed by atoms with E-state index in [1.165, 1.54) is 22.3 Å². The number of halogens is 2.